The number of H-pyrrole nitrogens is 1. The normalized spacial score (nSPS) is 11.6. The molecule has 7 nitrogen and oxygen atoms in total. The van der Waals surface area contributed by atoms with Crippen LogP contribution in [0, 0.1) is 0 Å². The van der Waals surface area contributed by atoms with Crippen molar-refractivity contribution in [1.82, 2.24) is 15.3 Å². The van der Waals surface area contributed by atoms with Gasteiger partial charge in [-0.25, -0.2) is 13.4 Å². The first-order valence-electron chi connectivity index (χ1n) is 8.94. The zero-order chi connectivity index (χ0) is 21.1. The van der Waals surface area contributed by atoms with Gasteiger partial charge < -0.3 is 15.6 Å². The van der Waals surface area contributed by atoms with Crippen LogP contribution in [0.2, 0.25) is 5.02 Å². The summed E-state index contributed by atoms with van der Waals surface area (Å²) in [6.45, 7) is 0.437. The van der Waals surface area contributed by atoms with E-state index in [0.29, 0.717) is 22.5 Å². The summed E-state index contributed by atoms with van der Waals surface area (Å²) < 4.78 is 26.7. The molecule has 0 saturated heterocycles. The van der Waals surface area contributed by atoms with Crippen molar-refractivity contribution < 1.29 is 13.2 Å². The van der Waals surface area contributed by atoms with Gasteiger partial charge in [-0.3, -0.25) is 4.79 Å². The highest BCUT2D eigenvalue weighted by Crippen LogP contribution is 2.36. The number of carbonyl (C=O) groups excluding carboxylic acids is 1. The lowest BCUT2D eigenvalue weighted by atomic mass is 10.2. The van der Waals surface area contributed by atoms with E-state index >= 15 is 0 Å². The van der Waals surface area contributed by atoms with Crippen molar-refractivity contribution in [2.75, 3.05) is 11.9 Å². The van der Waals surface area contributed by atoms with Crippen molar-refractivity contribution in [2.45, 2.75) is 16.3 Å². The minimum absolute atomic E-state index is 0.00152. The topological polar surface area (TPSA) is 104 Å². The van der Waals surface area contributed by atoms with Gasteiger partial charge in [-0.1, -0.05) is 29.8 Å². The Balaban J connectivity index is 1.66. The highest BCUT2D eigenvalue weighted by Gasteiger charge is 2.27. The summed E-state index contributed by atoms with van der Waals surface area (Å²) in [6.07, 6.45) is 0. The van der Waals surface area contributed by atoms with Gasteiger partial charge in [0, 0.05) is 27.9 Å². The molecule has 3 N–H and O–H groups in total. The number of rotatable bonds is 7. The third-order valence-electron chi connectivity index (χ3n) is 4.37. The number of hydrogen-bond acceptors (Lipinski definition) is 6. The molecule has 0 aliphatic rings. The first-order valence-corrected chi connectivity index (χ1v) is 11.7. The number of thiazole rings is 1. The zero-order valence-electron chi connectivity index (χ0n) is 15.6. The molecule has 30 heavy (non-hydrogen) atoms. The van der Waals surface area contributed by atoms with Crippen LogP contribution >= 0.6 is 22.9 Å². The van der Waals surface area contributed by atoms with E-state index in [1.165, 1.54) is 23.5 Å². The van der Waals surface area contributed by atoms with E-state index < -0.39 is 9.84 Å². The fourth-order valence-electron chi connectivity index (χ4n) is 3.04. The van der Waals surface area contributed by atoms with Crippen molar-refractivity contribution in [2.24, 2.45) is 0 Å². The molecule has 2 aromatic carbocycles. The molecule has 0 atom stereocenters. The number of nitrogens with one attached hydrogen (secondary N) is 3. The standard InChI is InChI=1S/C20H17ClN4O3S2/c21-13-6-7-17-16(8-13)19(30(27,28)15-4-2-1-3-5-15)20(24-17)25-18(26)10-22-9-14-11-29-12-23-14/h1-8,11-12,22,24H,9-10H2,(H,25,26). The van der Waals surface area contributed by atoms with E-state index in [9.17, 15) is 13.2 Å². The Morgan fingerprint density at radius 2 is 1.97 bits per heavy atom. The Hall–Kier alpha value is -2.72. The molecule has 10 heteroatoms. The third kappa shape index (κ3) is 4.24. The number of aromatic amines is 1. The summed E-state index contributed by atoms with van der Waals surface area (Å²) in [6, 6.07) is 13.0. The molecule has 0 aliphatic carbocycles. The minimum Gasteiger partial charge on any atom is -0.340 e. The number of amides is 1. The van der Waals surface area contributed by atoms with E-state index in [2.05, 4.69) is 20.6 Å². The second kappa shape index (κ2) is 8.57. The van der Waals surface area contributed by atoms with E-state index in [1.807, 2.05) is 5.38 Å². The monoisotopic (exact) mass is 460 g/mol. The molecule has 2 aromatic heterocycles. The number of anilines is 1. The minimum atomic E-state index is -3.90. The summed E-state index contributed by atoms with van der Waals surface area (Å²) in [4.78, 5) is 19.7. The number of aromatic nitrogens is 2. The summed E-state index contributed by atoms with van der Waals surface area (Å²) in [7, 11) is -3.90. The molecule has 0 aliphatic heterocycles. The van der Waals surface area contributed by atoms with Crippen molar-refractivity contribution in [3.05, 3.63) is 70.1 Å². The lowest BCUT2D eigenvalue weighted by molar-refractivity contribution is -0.115. The molecule has 2 heterocycles. The predicted octanol–water partition coefficient (Wildman–Crippen LogP) is 3.84. The first kappa shape index (κ1) is 20.5. The molecule has 0 bridgehead atoms. The average Bonchev–Trinajstić information content (AvgIpc) is 3.36. The third-order valence-corrected chi connectivity index (χ3v) is 7.10. The highest BCUT2D eigenvalue weighted by molar-refractivity contribution is 7.92. The molecule has 4 rings (SSSR count). The van der Waals surface area contributed by atoms with Crippen molar-refractivity contribution >= 4 is 55.4 Å². The van der Waals surface area contributed by atoms with Crippen LogP contribution in [0.1, 0.15) is 5.69 Å². The van der Waals surface area contributed by atoms with Crippen LogP contribution < -0.4 is 10.6 Å². The quantitative estimate of drug-likeness (QED) is 0.388. The molecular weight excluding hydrogens is 444 g/mol. The molecular formula is C20H17ClN4O3S2. The zero-order valence-corrected chi connectivity index (χ0v) is 17.9. The van der Waals surface area contributed by atoms with Crippen LogP contribution in [0.5, 0.6) is 0 Å². The Bertz CT molecular complexity index is 1290. The van der Waals surface area contributed by atoms with E-state index in [0.717, 1.165) is 5.69 Å². The van der Waals surface area contributed by atoms with Gasteiger partial charge in [0.05, 0.1) is 22.6 Å². The van der Waals surface area contributed by atoms with E-state index in [-0.39, 0.29) is 28.1 Å². The van der Waals surface area contributed by atoms with Crippen LogP contribution in [0.15, 0.2) is 69.2 Å². The van der Waals surface area contributed by atoms with Crippen LogP contribution in [0.4, 0.5) is 5.82 Å². The first-order chi connectivity index (χ1) is 14.4. The van der Waals surface area contributed by atoms with Crippen LogP contribution in [0.25, 0.3) is 10.9 Å². The number of benzene rings is 2. The number of hydrogen-bond donors (Lipinski definition) is 3. The van der Waals surface area contributed by atoms with Gasteiger partial charge in [0.25, 0.3) is 0 Å². The molecule has 0 unspecified atom stereocenters. The predicted molar refractivity (Wildman–Crippen MR) is 118 cm³/mol. The maximum absolute atomic E-state index is 13.4. The van der Waals surface area contributed by atoms with Gasteiger partial charge in [0.1, 0.15) is 10.7 Å². The molecule has 0 fully saturated rings. The summed E-state index contributed by atoms with van der Waals surface area (Å²) in [5, 5.41) is 8.36. The van der Waals surface area contributed by atoms with Crippen molar-refractivity contribution in [3.8, 4) is 0 Å². The second-order valence-corrected chi connectivity index (χ2v) is 9.51. The van der Waals surface area contributed by atoms with Crippen molar-refractivity contribution in [1.29, 1.82) is 0 Å². The number of nitrogens with zero attached hydrogens (tertiary/aromatic N) is 1. The molecule has 4 aromatic rings. The number of halogens is 1. The molecule has 1 amide bonds. The van der Waals surface area contributed by atoms with Crippen LogP contribution in [-0.2, 0) is 21.2 Å². The largest absolute Gasteiger partial charge is 0.340 e. The summed E-state index contributed by atoms with van der Waals surface area (Å²) in [5.74, 6) is -0.274. The number of sulfone groups is 1. The smallest absolute Gasteiger partial charge is 0.239 e. The maximum Gasteiger partial charge on any atom is 0.239 e. The van der Waals surface area contributed by atoms with Gasteiger partial charge >= 0.3 is 0 Å². The molecule has 0 saturated carbocycles. The lowest BCUT2D eigenvalue weighted by Gasteiger charge is -2.09. The van der Waals surface area contributed by atoms with E-state index in [4.69, 9.17) is 11.6 Å². The SMILES string of the molecule is O=C(CNCc1cscn1)Nc1[nH]c2ccc(Cl)cc2c1S(=O)(=O)c1ccccc1. The fraction of sp³-hybridized carbons (Fsp3) is 0.100. The van der Waals surface area contributed by atoms with Gasteiger partial charge in [0.2, 0.25) is 15.7 Å². The average molecular weight is 461 g/mol. The molecule has 154 valence electrons. The fourth-order valence-corrected chi connectivity index (χ4v) is 5.35. The highest BCUT2D eigenvalue weighted by atomic mass is 35.5. The molecule has 0 radical (unpaired) electrons. The Kier molecular flexibility index (Phi) is 5.87. The summed E-state index contributed by atoms with van der Waals surface area (Å²) in [5.41, 5.74) is 3.10. The van der Waals surface area contributed by atoms with Gasteiger partial charge in [-0.05, 0) is 30.3 Å². The van der Waals surface area contributed by atoms with E-state index in [1.54, 1.807) is 41.9 Å². The van der Waals surface area contributed by atoms with Crippen LogP contribution in [0.3, 0.4) is 0 Å². The van der Waals surface area contributed by atoms with Crippen molar-refractivity contribution in [3.63, 3.8) is 0 Å². The Labute approximate surface area is 182 Å². The van der Waals surface area contributed by atoms with Crippen LogP contribution in [-0.4, -0.2) is 30.8 Å². The Morgan fingerprint density at radius 1 is 1.17 bits per heavy atom. The lowest BCUT2D eigenvalue weighted by Crippen LogP contribution is -2.28. The van der Waals surface area contributed by atoms with Gasteiger partial charge in [-0.2, -0.15) is 0 Å². The maximum atomic E-state index is 13.4. The van der Waals surface area contributed by atoms with Gasteiger partial charge in [-0.15, -0.1) is 11.3 Å². The second-order valence-electron chi connectivity index (χ2n) is 6.47. The Morgan fingerprint density at radius 3 is 2.70 bits per heavy atom. The van der Waals surface area contributed by atoms with Gasteiger partial charge in [0.15, 0.2) is 0 Å². The number of carbonyl (C=O) groups is 1. The molecule has 0 spiro atoms. The summed E-state index contributed by atoms with van der Waals surface area (Å²) >= 11 is 7.58. The number of fused-ring (bicyclic) bond motifs is 1.